The monoisotopic (exact) mass is 400 g/mol. The molecule has 2 aromatic rings. The quantitative estimate of drug-likeness (QED) is 0.547. The predicted molar refractivity (Wildman–Crippen MR) is 105 cm³/mol. The van der Waals surface area contributed by atoms with Gasteiger partial charge >= 0.3 is 5.97 Å². The number of carbonyl (C=O) groups excluding carboxylic acids is 3. The van der Waals surface area contributed by atoms with E-state index < -0.39 is 5.97 Å². The first-order valence-corrected chi connectivity index (χ1v) is 9.26. The number of nitrogens with zero attached hydrogens (tertiary/aromatic N) is 2. The van der Waals surface area contributed by atoms with Gasteiger partial charge in [0.2, 0.25) is 6.79 Å². The van der Waals surface area contributed by atoms with Crippen LogP contribution in [0.3, 0.4) is 0 Å². The molecule has 1 aliphatic heterocycles. The average molecular weight is 400 g/mol. The number of hydrogen-bond acceptors (Lipinski definition) is 6. The number of amides is 1. The third kappa shape index (κ3) is 3.57. The van der Waals surface area contributed by atoms with Crippen LogP contribution in [0.1, 0.15) is 49.4 Å². The summed E-state index contributed by atoms with van der Waals surface area (Å²) < 4.78 is 17.2. The van der Waals surface area contributed by atoms with Crippen molar-refractivity contribution in [2.45, 2.75) is 27.3 Å². The minimum atomic E-state index is -0.490. The van der Waals surface area contributed by atoms with E-state index in [9.17, 15) is 14.4 Å². The number of Topliss-reactive ketones (excluding diaryl/α,β-unsaturated/α-hetero) is 1. The van der Waals surface area contributed by atoms with Crippen LogP contribution in [0.5, 0.6) is 11.5 Å². The van der Waals surface area contributed by atoms with Crippen molar-refractivity contribution in [3.63, 3.8) is 0 Å². The van der Waals surface area contributed by atoms with E-state index in [1.807, 2.05) is 6.92 Å². The normalized spacial score (nSPS) is 12.0. The van der Waals surface area contributed by atoms with E-state index in [2.05, 4.69) is 0 Å². The van der Waals surface area contributed by atoms with Crippen molar-refractivity contribution in [3.8, 4) is 11.5 Å². The van der Waals surface area contributed by atoms with Gasteiger partial charge in [-0.15, -0.1) is 0 Å². The lowest BCUT2D eigenvalue weighted by atomic mass is 10.0. The SMILES string of the molecule is CCn1c(C)c(C(=O)CN(C)C(=O)c2ccc3c(c2)OCO3)c(C)c1C(=O)OC. The number of likely N-dealkylation sites (N-methyl/N-ethyl adjacent to an activating group) is 1. The molecule has 0 unspecified atom stereocenters. The highest BCUT2D eigenvalue weighted by atomic mass is 16.7. The Morgan fingerprint density at radius 1 is 1.17 bits per heavy atom. The van der Waals surface area contributed by atoms with Crippen LogP contribution >= 0.6 is 0 Å². The summed E-state index contributed by atoms with van der Waals surface area (Å²) in [5, 5.41) is 0. The fourth-order valence-corrected chi connectivity index (χ4v) is 3.68. The van der Waals surface area contributed by atoms with Crippen molar-refractivity contribution in [1.29, 1.82) is 0 Å². The fourth-order valence-electron chi connectivity index (χ4n) is 3.68. The van der Waals surface area contributed by atoms with Crippen LogP contribution < -0.4 is 9.47 Å². The molecule has 29 heavy (non-hydrogen) atoms. The first-order chi connectivity index (χ1) is 13.8. The first kappa shape index (κ1) is 20.4. The van der Waals surface area contributed by atoms with Gasteiger partial charge in [-0.2, -0.15) is 0 Å². The maximum absolute atomic E-state index is 13.0. The number of ketones is 1. The van der Waals surface area contributed by atoms with Crippen molar-refractivity contribution in [2.24, 2.45) is 0 Å². The molecular formula is C21H24N2O6. The summed E-state index contributed by atoms with van der Waals surface area (Å²) >= 11 is 0. The number of carbonyl (C=O) groups is 3. The van der Waals surface area contributed by atoms with E-state index in [0.29, 0.717) is 46.1 Å². The van der Waals surface area contributed by atoms with E-state index in [4.69, 9.17) is 14.2 Å². The Morgan fingerprint density at radius 3 is 2.52 bits per heavy atom. The standard InChI is InChI=1S/C21H24N2O6/c1-6-23-13(3)18(12(2)19(23)21(26)27-5)15(24)10-22(4)20(25)14-7-8-16-17(9-14)29-11-28-16/h7-9H,6,10-11H2,1-5H3. The molecule has 1 aromatic carbocycles. The molecule has 2 heterocycles. The number of methoxy groups -OCH3 is 1. The summed E-state index contributed by atoms with van der Waals surface area (Å²) in [5.41, 5.74) is 2.45. The number of esters is 1. The second-order valence-corrected chi connectivity index (χ2v) is 6.82. The number of aromatic nitrogens is 1. The Labute approximate surface area is 169 Å². The summed E-state index contributed by atoms with van der Waals surface area (Å²) in [6.45, 7) is 5.92. The second-order valence-electron chi connectivity index (χ2n) is 6.82. The average Bonchev–Trinajstić information content (AvgIpc) is 3.27. The molecule has 1 aliphatic rings. The Bertz CT molecular complexity index is 992. The third-order valence-electron chi connectivity index (χ3n) is 5.09. The van der Waals surface area contributed by atoms with Gasteiger partial charge in [0, 0.05) is 30.4 Å². The molecule has 0 atom stereocenters. The van der Waals surface area contributed by atoms with Crippen LogP contribution in [-0.2, 0) is 11.3 Å². The van der Waals surface area contributed by atoms with Crippen molar-refractivity contribution < 1.29 is 28.6 Å². The lowest BCUT2D eigenvalue weighted by molar-refractivity contribution is 0.0587. The largest absolute Gasteiger partial charge is 0.464 e. The van der Waals surface area contributed by atoms with E-state index >= 15 is 0 Å². The van der Waals surface area contributed by atoms with E-state index in [1.54, 1.807) is 43.7 Å². The molecule has 0 spiro atoms. The summed E-state index contributed by atoms with van der Waals surface area (Å²) in [7, 11) is 2.87. The van der Waals surface area contributed by atoms with Gasteiger partial charge in [0.25, 0.3) is 5.91 Å². The van der Waals surface area contributed by atoms with Crippen LogP contribution in [0.25, 0.3) is 0 Å². The molecule has 0 N–H and O–H groups in total. The van der Waals surface area contributed by atoms with Crippen molar-refractivity contribution >= 4 is 17.7 Å². The minimum absolute atomic E-state index is 0.122. The molecule has 0 bridgehead atoms. The van der Waals surface area contributed by atoms with Crippen molar-refractivity contribution in [3.05, 3.63) is 46.3 Å². The van der Waals surface area contributed by atoms with Crippen LogP contribution in [0, 0.1) is 13.8 Å². The van der Waals surface area contributed by atoms with Gasteiger partial charge in [-0.3, -0.25) is 9.59 Å². The van der Waals surface area contributed by atoms with E-state index in [0.717, 1.165) is 0 Å². The molecule has 1 amide bonds. The predicted octanol–water partition coefficient (Wildman–Crippen LogP) is 2.60. The second kappa shape index (κ2) is 7.98. The molecule has 0 radical (unpaired) electrons. The van der Waals surface area contributed by atoms with Gasteiger partial charge in [0.05, 0.1) is 13.7 Å². The lowest BCUT2D eigenvalue weighted by Crippen LogP contribution is -2.32. The molecule has 3 rings (SSSR count). The molecule has 154 valence electrons. The van der Waals surface area contributed by atoms with Crippen LogP contribution in [-0.4, -0.2) is 54.6 Å². The smallest absolute Gasteiger partial charge is 0.354 e. The zero-order valence-corrected chi connectivity index (χ0v) is 17.2. The molecule has 8 heteroatoms. The van der Waals surface area contributed by atoms with Crippen LogP contribution in [0.4, 0.5) is 0 Å². The number of ether oxygens (including phenoxy) is 3. The summed E-state index contributed by atoms with van der Waals surface area (Å²) in [5.74, 6) is 0.0492. The maximum Gasteiger partial charge on any atom is 0.354 e. The molecule has 0 aliphatic carbocycles. The van der Waals surface area contributed by atoms with E-state index in [1.165, 1.54) is 12.0 Å². The zero-order valence-electron chi connectivity index (χ0n) is 17.2. The summed E-state index contributed by atoms with van der Waals surface area (Å²) in [6.07, 6.45) is 0. The van der Waals surface area contributed by atoms with Crippen LogP contribution in [0.2, 0.25) is 0 Å². The first-order valence-electron chi connectivity index (χ1n) is 9.26. The molecule has 1 aromatic heterocycles. The summed E-state index contributed by atoms with van der Waals surface area (Å²) in [4.78, 5) is 39.3. The maximum atomic E-state index is 13.0. The molecule has 0 saturated carbocycles. The van der Waals surface area contributed by atoms with Gasteiger partial charge in [-0.1, -0.05) is 0 Å². The third-order valence-corrected chi connectivity index (χ3v) is 5.09. The number of fused-ring (bicyclic) bond motifs is 1. The van der Waals surface area contributed by atoms with Crippen molar-refractivity contribution in [1.82, 2.24) is 9.47 Å². The van der Waals surface area contributed by atoms with Crippen molar-refractivity contribution in [2.75, 3.05) is 27.5 Å². The minimum Gasteiger partial charge on any atom is -0.464 e. The molecule has 0 fully saturated rings. The number of hydrogen-bond donors (Lipinski definition) is 0. The topological polar surface area (TPSA) is 87.1 Å². The van der Waals surface area contributed by atoms with Crippen LogP contribution in [0.15, 0.2) is 18.2 Å². The van der Waals surface area contributed by atoms with E-state index in [-0.39, 0.29) is 25.0 Å². The number of benzene rings is 1. The highest BCUT2D eigenvalue weighted by Crippen LogP contribution is 2.32. The van der Waals surface area contributed by atoms with Gasteiger partial charge < -0.3 is 23.7 Å². The Balaban J connectivity index is 1.83. The lowest BCUT2D eigenvalue weighted by Gasteiger charge is -2.17. The Kier molecular flexibility index (Phi) is 5.63. The Hall–Kier alpha value is -3.29. The highest BCUT2D eigenvalue weighted by Gasteiger charge is 2.28. The van der Waals surface area contributed by atoms with Gasteiger partial charge in [-0.25, -0.2) is 4.79 Å². The summed E-state index contributed by atoms with van der Waals surface area (Å²) in [6, 6.07) is 4.91. The number of rotatable bonds is 6. The molecular weight excluding hydrogens is 376 g/mol. The highest BCUT2D eigenvalue weighted by molar-refractivity contribution is 6.06. The van der Waals surface area contributed by atoms with Gasteiger partial charge in [-0.05, 0) is 44.5 Å². The fraction of sp³-hybridized carbons (Fsp3) is 0.381. The Morgan fingerprint density at radius 2 is 1.86 bits per heavy atom. The van der Waals surface area contributed by atoms with Gasteiger partial charge in [0.15, 0.2) is 17.3 Å². The zero-order chi connectivity index (χ0) is 21.3. The van der Waals surface area contributed by atoms with Gasteiger partial charge in [0.1, 0.15) is 5.69 Å². The molecule has 0 saturated heterocycles. The molecule has 8 nitrogen and oxygen atoms in total.